The molecule has 9 heteroatoms. The maximum absolute atomic E-state index is 11.7. The van der Waals surface area contributed by atoms with Gasteiger partial charge in [-0.3, -0.25) is 4.79 Å². The van der Waals surface area contributed by atoms with Crippen molar-refractivity contribution in [2.45, 2.75) is 17.9 Å². The minimum atomic E-state index is -3.95. The van der Waals surface area contributed by atoms with Crippen molar-refractivity contribution in [1.29, 1.82) is 0 Å². The molecule has 2 N–H and O–H groups in total. The van der Waals surface area contributed by atoms with Gasteiger partial charge in [0.05, 0.1) is 4.34 Å². The summed E-state index contributed by atoms with van der Waals surface area (Å²) in [4.78, 5) is 10.3. The van der Waals surface area contributed by atoms with Crippen molar-refractivity contribution in [2.24, 2.45) is 0 Å². The minimum absolute atomic E-state index is 0.00455. The molecule has 16 heavy (non-hydrogen) atoms. The average Bonchev–Trinajstić information content (AvgIpc) is 2.45. The molecule has 0 bridgehead atoms. The number of sulfonamides is 1. The van der Waals surface area contributed by atoms with Crippen LogP contribution in [0.4, 0.5) is 0 Å². The van der Waals surface area contributed by atoms with E-state index < -0.39 is 22.0 Å². The van der Waals surface area contributed by atoms with Gasteiger partial charge in [0, 0.05) is 0 Å². The summed E-state index contributed by atoms with van der Waals surface area (Å²) < 4.78 is 25.5. The Morgan fingerprint density at radius 1 is 1.56 bits per heavy atom. The number of hydrogen-bond acceptors (Lipinski definition) is 4. The summed E-state index contributed by atoms with van der Waals surface area (Å²) in [6.45, 7) is 1.21. The number of thiophene rings is 1. The van der Waals surface area contributed by atoms with Crippen LogP contribution >= 0.6 is 34.5 Å². The third kappa shape index (κ3) is 3.08. The van der Waals surface area contributed by atoms with Gasteiger partial charge in [-0.15, -0.1) is 11.3 Å². The third-order valence-corrected chi connectivity index (χ3v) is 4.91. The van der Waals surface area contributed by atoms with Crippen LogP contribution in [0.3, 0.4) is 0 Å². The maximum atomic E-state index is 11.7. The first-order chi connectivity index (χ1) is 7.24. The van der Waals surface area contributed by atoms with Crippen LogP contribution in [-0.4, -0.2) is 25.5 Å². The molecule has 1 aromatic heterocycles. The molecule has 0 aliphatic carbocycles. The zero-order chi connectivity index (χ0) is 12.5. The molecule has 0 aliphatic heterocycles. The Morgan fingerprint density at radius 2 is 2.12 bits per heavy atom. The lowest BCUT2D eigenvalue weighted by molar-refractivity contribution is -0.138. The van der Waals surface area contributed by atoms with E-state index >= 15 is 0 Å². The van der Waals surface area contributed by atoms with Gasteiger partial charge in [0.15, 0.2) is 0 Å². The van der Waals surface area contributed by atoms with Crippen LogP contribution in [-0.2, 0) is 14.8 Å². The Bertz CT molecular complexity index is 510. The van der Waals surface area contributed by atoms with E-state index in [9.17, 15) is 13.2 Å². The molecule has 0 fully saturated rings. The molecule has 0 aromatic carbocycles. The molecule has 0 radical (unpaired) electrons. The average molecular weight is 304 g/mol. The molecule has 1 heterocycles. The number of halogens is 2. The Balaban J connectivity index is 3.03. The fraction of sp³-hybridized carbons (Fsp3) is 0.286. The number of carboxylic acids is 1. The first-order valence-corrected chi connectivity index (χ1v) is 6.99. The Kier molecular flexibility index (Phi) is 4.19. The molecular weight excluding hydrogens is 297 g/mol. The van der Waals surface area contributed by atoms with Gasteiger partial charge in [-0.2, -0.15) is 4.72 Å². The number of aliphatic carboxylic acids is 1. The summed E-state index contributed by atoms with van der Waals surface area (Å²) in [5, 5.41) is 8.58. The second-order valence-electron chi connectivity index (χ2n) is 2.87. The van der Waals surface area contributed by atoms with Crippen molar-refractivity contribution in [3.8, 4) is 0 Å². The first kappa shape index (κ1) is 13.7. The van der Waals surface area contributed by atoms with Gasteiger partial charge in [-0.1, -0.05) is 23.2 Å². The van der Waals surface area contributed by atoms with Crippen molar-refractivity contribution in [3.63, 3.8) is 0 Å². The third-order valence-electron chi connectivity index (χ3n) is 1.62. The first-order valence-electron chi connectivity index (χ1n) is 3.94. The standard InChI is InChI=1S/C7H7Cl2NO4S2/c1-3(7(11)12)10-16(13,14)4-2-5(8)15-6(4)9/h2-3,10H,1H3,(H,11,12). The van der Waals surface area contributed by atoms with Gasteiger partial charge in [-0.05, 0) is 13.0 Å². The highest BCUT2D eigenvalue weighted by atomic mass is 35.5. The number of hydrogen-bond donors (Lipinski definition) is 2. The van der Waals surface area contributed by atoms with Crippen LogP contribution in [0.5, 0.6) is 0 Å². The molecule has 1 rings (SSSR count). The van der Waals surface area contributed by atoms with Crippen molar-refractivity contribution in [1.82, 2.24) is 4.72 Å². The predicted molar refractivity (Wildman–Crippen MR) is 61.8 cm³/mol. The molecule has 1 atom stereocenters. The Morgan fingerprint density at radius 3 is 2.50 bits per heavy atom. The summed E-state index contributed by atoms with van der Waals surface area (Å²) in [5.74, 6) is -1.28. The highest BCUT2D eigenvalue weighted by Crippen LogP contribution is 2.34. The SMILES string of the molecule is CC(NS(=O)(=O)c1cc(Cl)sc1Cl)C(=O)O. The quantitative estimate of drug-likeness (QED) is 0.888. The van der Waals surface area contributed by atoms with E-state index in [4.69, 9.17) is 28.3 Å². The van der Waals surface area contributed by atoms with Crippen molar-refractivity contribution in [3.05, 3.63) is 14.7 Å². The highest BCUT2D eigenvalue weighted by Gasteiger charge is 2.25. The summed E-state index contributed by atoms with van der Waals surface area (Å²) >= 11 is 12.2. The van der Waals surface area contributed by atoms with Crippen LogP contribution in [0.25, 0.3) is 0 Å². The van der Waals surface area contributed by atoms with Gasteiger partial charge in [0.25, 0.3) is 0 Å². The van der Waals surface area contributed by atoms with Crippen molar-refractivity contribution < 1.29 is 18.3 Å². The summed E-state index contributed by atoms with van der Waals surface area (Å²) in [6, 6.07) is -0.0643. The topological polar surface area (TPSA) is 83.5 Å². The van der Waals surface area contributed by atoms with Crippen molar-refractivity contribution in [2.75, 3.05) is 0 Å². The summed E-state index contributed by atoms with van der Waals surface area (Å²) in [6.07, 6.45) is 0. The molecular formula is C7H7Cl2NO4S2. The molecule has 0 saturated heterocycles. The lowest BCUT2D eigenvalue weighted by Crippen LogP contribution is -2.38. The number of carboxylic acid groups (broad SMARTS) is 1. The number of carbonyl (C=O) groups is 1. The van der Waals surface area contributed by atoms with Gasteiger partial charge >= 0.3 is 5.97 Å². The van der Waals surface area contributed by atoms with E-state index in [1.165, 1.54) is 13.0 Å². The minimum Gasteiger partial charge on any atom is -0.480 e. The predicted octanol–water partition coefficient (Wildman–Crippen LogP) is 1.81. The molecule has 5 nitrogen and oxygen atoms in total. The zero-order valence-electron chi connectivity index (χ0n) is 7.90. The van der Waals surface area contributed by atoms with Gasteiger partial charge in [-0.25, -0.2) is 8.42 Å². The fourth-order valence-electron chi connectivity index (χ4n) is 0.855. The van der Waals surface area contributed by atoms with E-state index in [0.29, 0.717) is 0 Å². The normalized spacial score (nSPS) is 13.7. The highest BCUT2D eigenvalue weighted by molar-refractivity contribution is 7.89. The second-order valence-corrected chi connectivity index (χ2v) is 6.84. The molecule has 90 valence electrons. The lowest BCUT2D eigenvalue weighted by atomic mass is 10.4. The van der Waals surface area contributed by atoms with Crippen LogP contribution in [0.2, 0.25) is 8.67 Å². The molecule has 1 aromatic rings. The van der Waals surface area contributed by atoms with E-state index in [-0.39, 0.29) is 13.6 Å². The molecule has 0 amide bonds. The molecule has 1 unspecified atom stereocenters. The van der Waals surface area contributed by atoms with E-state index in [1.54, 1.807) is 0 Å². The smallest absolute Gasteiger partial charge is 0.321 e. The Hall–Kier alpha value is -0.340. The monoisotopic (exact) mass is 303 g/mol. The van der Waals surface area contributed by atoms with Gasteiger partial charge in [0.2, 0.25) is 10.0 Å². The van der Waals surface area contributed by atoms with E-state index in [0.717, 1.165) is 11.3 Å². The van der Waals surface area contributed by atoms with Crippen LogP contribution in [0, 0.1) is 0 Å². The second kappa shape index (κ2) is 4.89. The van der Waals surface area contributed by atoms with Crippen molar-refractivity contribution >= 4 is 50.5 Å². The van der Waals surface area contributed by atoms with Crippen LogP contribution in [0.15, 0.2) is 11.0 Å². The van der Waals surface area contributed by atoms with E-state index in [2.05, 4.69) is 0 Å². The largest absolute Gasteiger partial charge is 0.480 e. The van der Waals surface area contributed by atoms with Crippen LogP contribution in [0.1, 0.15) is 6.92 Å². The number of rotatable bonds is 4. The summed E-state index contributed by atoms with van der Waals surface area (Å²) in [5.41, 5.74) is 0. The van der Waals surface area contributed by atoms with E-state index in [1.807, 2.05) is 4.72 Å². The molecule has 0 spiro atoms. The summed E-state index contributed by atoms with van der Waals surface area (Å²) in [7, 11) is -3.95. The molecule has 0 aliphatic rings. The zero-order valence-corrected chi connectivity index (χ0v) is 11.0. The molecule has 0 saturated carbocycles. The van der Waals surface area contributed by atoms with Crippen LogP contribution < -0.4 is 4.72 Å². The maximum Gasteiger partial charge on any atom is 0.321 e. The Labute approximate surface area is 106 Å². The van der Waals surface area contributed by atoms with Gasteiger partial charge in [0.1, 0.15) is 15.3 Å². The fourth-order valence-corrected chi connectivity index (χ4v) is 4.20. The number of nitrogens with one attached hydrogen (secondary N) is 1. The van der Waals surface area contributed by atoms with Gasteiger partial charge < -0.3 is 5.11 Å². The lowest BCUT2D eigenvalue weighted by Gasteiger charge is -2.08.